The molecule has 60 heavy (non-hydrogen) atoms. The second kappa shape index (κ2) is 19.0. The zero-order valence-corrected chi connectivity index (χ0v) is 36.5. The van der Waals surface area contributed by atoms with Crippen LogP contribution in [0, 0.1) is 0 Å². The molecule has 7 rings (SSSR count). The Bertz CT molecular complexity index is 2210. The van der Waals surface area contributed by atoms with Crippen molar-refractivity contribution in [3.8, 4) is 34.1 Å². The highest BCUT2D eigenvalue weighted by molar-refractivity contribution is 9.10. The van der Waals surface area contributed by atoms with E-state index in [1.54, 1.807) is 7.11 Å². The van der Waals surface area contributed by atoms with Gasteiger partial charge in [-0.2, -0.15) is 13.2 Å². The molecule has 1 aliphatic heterocycles. The molecule has 2 aliphatic rings. The zero-order valence-electron chi connectivity index (χ0n) is 34.9. The molecule has 9 heteroatoms. The fourth-order valence-electron chi connectivity index (χ4n) is 9.21. The standard InChI is InChI=1S/C51H55BrF4O4/c1-4-6-8-12-31-58-37-21-17-35(18-22-37)50(36-19-23-38(24-20-36)59-32-13-9-7-5-2)27-25-40-47-46(41-33-44(52)45(57-3)34-42(41)48(40)60-50)39-15-10-11-16-43(39)49(47,26-14-30-53)28-29-51(54,55)56/h10-11,15-25,27,33-34H,4-9,12-14,26,28-32H2,1-3H3. The second-order valence-electron chi connectivity index (χ2n) is 16.1. The Morgan fingerprint density at radius 3 is 1.90 bits per heavy atom. The molecule has 4 nitrogen and oxygen atoms in total. The minimum Gasteiger partial charge on any atom is -0.496 e. The molecular formula is C51H55BrF4O4. The number of fused-ring (bicyclic) bond motifs is 8. The predicted molar refractivity (Wildman–Crippen MR) is 238 cm³/mol. The first-order valence-corrected chi connectivity index (χ1v) is 22.3. The number of ether oxygens (including phenoxy) is 4. The van der Waals surface area contributed by atoms with Gasteiger partial charge in [-0.1, -0.05) is 107 Å². The molecule has 0 radical (unpaired) electrons. The summed E-state index contributed by atoms with van der Waals surface area (Å²) in [6.07, 6.45) is 7.54. The van der Waals surface area contributed by atoms with Crippen LogP contribution in [-0.4, -0.2) is 33.2 Å². The number of hydrogen-bond donors (Lipinski definition) is 0. The minimum absolute atomic E-state index is 0.110. The molecule has 0 saturated heterocycles. The third-order valence-electron chi connectivity index (χ3n) is 12.2. The first-order chi connectivity index (χ1) is 29.1. The van der Waals surface area contributed by atoms with Crippen LogP contribution in [0.15, 0.2) is 95.5 Å². The summed E-state index contributed by atoms with van der Waals surface area (Å²) in [6, 6.07) is 27.5. The van der Waals surface area contributed by atoms with E-state index < -0.39 is 30.3 Å². The average molecular weight is 888 g/mol. The summed E-state index contributed by atoms with van der Waals surface area (Å²) in [5, 5.41) is 1.56. The molecule has 1 aliphatic carbocycles. The lowest BCUT2D eigenvalue weighted by Gasteiger charge is -2.40. The van der Waals surface area contributed by atoms with Crippen LogP contribution in [0.5, 0.6) is 23.0 Å². The maximum absolute atomic E-state index is 14.3. The normalized spacial score (nSPS) is 16.3. The van der Waals surface area contributed by atoms with Gasteiger partial charge in [-0.25, -0.2) is 0 Å². The van der Waals surface area contributed by atoms with Crippen molar-refractivity contribution in [2.24, 2.45) is 0 Å². The van der Waals surface area contributed by atoms with Crippen molar-refractivity contribution in [1.29, 1.82) is 0 Å². The van der Waals surface area contributed by atoms with Crippen molar-refractivity contribution in [3.63, 3.8) is 0 Å². The zero-order chi connectivity index (χ0) is 42.3. The maximum atomic E-state index is 14.3. The van der Waals surface area contributed by atoms with Crippen molar-refractivity contribution in [2.45, 2.75) is 108 Å². The summed E-state index contributed by atoms with van der Waals surface area (Å²) in [5.41, 5.74) is 3.30. The molecule has 0 saturated carbocycles. The van der Waals surface area contributed by atoms with Crippen LogP contribution < -0.4 is 18.9 Å². The predicted octanol–water partition coefficient (Wildman–Crippen LogP) is 15.2. The number of halogens is 5. The lowest BCUT2D eigenvalue weighted by atomic mass is 9.69. The van der Waals surface area contributed by atoms with Gasteiger partial charge in [0.2, 0.25) is 0 Å². The number of methoxy groups -OCH3 is 1. The quantitative estimate of drug-likeness (QED) is 0.0576. The Labute approximate surface area is 360 Å². The Balaban J connectivity index is 1.42. The fraction of sp³-hybridized carbons (Fsp3) is 0.412. The summed E-state index contributed by atoms with van der Waals surface area (Å²) in [6.45, 7) is 4.99. The lowest BCUT2D eigenvalue weighted by Crippen LogP contribution is -2.35. The number of alkyl halides is 4. The highest BCUT2D eigenvalue weighted by Gasteiger charge is 2.49. The summed E-state index contributed by atoms with van der Waals surface area (Å²) in [4.78, 5) is 0. The van der Waals surface area contributed by atoms with Gasteiger partial charge < -0.3 is 18.9 Å². The molecule has 0 N–H and O–H groups in total. The largest absolute Gasteiger partial charge is 0.496 e. The molecule has 0 spiro atoms. The van der Waals surface area contributed by atoms with Gasteiger partial charge in [0.25, 0.3) is 0 Å². The number of hydrogen-bond acceptors (Lipinski definition) is 4. The maximum Gasteiger partial charge on any atom is 0.389 e. The molecule has 0 fully saturated rings. The molecule has 318 valence electrons. The summed E-state index contributed by atoms with van der Waals surface area (Å²) in [5.74, 6) is 2.63. The van der Waals surface area contributed by atoms with E-state index in [0.29, 0.717) is 34.7 Å². The van der Waals surface area contributed by atoms with Gasteiger partial charge in [-0.3, -0.25) is 4.39 Å². The Morgan fingerprint density at radius 1 is 0.717 bits per heavy atom. The van der Waals surface area contributed by atoms with Crippen LogP contribution in [-0.2, 0) is 11.0 Å². The fourth-order valence-corrected chi connectivity index (χ4v) is 9.71. The topological polar surface area (TPSA) is 36.9 Å². The van der Waals surface area contributed by atoms with Crippen molar-refractivity contribution in [1.82, 2.24) is 0 Å². The van der Waals surface area contributed by atoms with Gasteiger partial charge in [0.05, 0.1) is 31.5 Å². The summed E-state index contributed by atoms with van der Waals surface area (Å²) >= 11 is 3.72. The second-order valence-corrected chi connectivity index (χ2v) is 17.0. The molecule has 1 heterocycles. The van der Waals surface area contributed by atoms with Crippen molar-refractivity contribution in [2.75, 3.05) is 27.0 Å². The van der Waals surface area contributed by atoms with Gasteiger partial charge in [0, 0.05) is 33.9 Å². The Kier molecular flexibility index (Phi) is 13.8. The number of rotatable bonds is 20. The Hall–Kier alpha value is -4.50. The van der Waals surface area contributed by atoms with Gasteiger partial charge in [0.15, 0.2) is 5.60 Å². The van der Waals surface area contributed by atoms with Gasteiger partial charge in [0.1, 0.15) is 23.0 Å². The minimum atomic E-state index is -4.41. The molecular weight excluding hydrogens is 832 g/mol. The van der Waals surface area contributed by atoms with Crippen molar-refractivity contribution < 1.29 is 36.5 Å². The van der Waals surface area contributed by atoms with Gasteiger partial charge >= 0.3 is 6.18 Å². The molecule has 0 aromatic heterocycles. The molecule has 0 bridgehead atoms. The van der Waals surface area contributed by atoms with Gasteiger partial charge in [-0.15, -0.1) is 0 Å². The highest BCUT2D eigenvalue weighted by atomic mass is 79.9. The van der Waals surface area contributed by atoms with E-state index in [4.69, 9.17) is 18.9 Å². The molecule has 0 amide bonds. The average Bonchev–Trinajstić information content (AvgIpc) is 3.55. The first-order valence-electron chi connectivity index (χ1n) is 21.5. The number of benzene rings is 5. The van der Waals surface area contributed by atoms with E-state index in [0.717, 1.165) is 94.2 Å². The van der Waals surface area contributed by atoms with Crippen LogP contribution in [0.25, 0.3) is 28.0 Å². The molecule has 5 aromatic carbocycles. The molecule has 1 unspecified atom stereocenters. The first kappa shape index (κ1) is 43.6. The van der Waals surface area contributed by atoms with Crippen LogP contribution >= 0.6 is 15.9 Å². The van der Waals surface area contributed by atoms with E-state index in [9.17, 15) is 17.6 Å². The van der Waals surface area contributed by atoms with E-state index in [1.165, 1.54) is 12.8 Å². The monoisotopic (exact) mass is 886 g/mol. The molecule has 1 atom stereocenters. The van der Waals surface area contributed by atoms with Gasteiger partial charge in [-0.05, 0) is 118 Å². The highest BCUT2D eigenvalue weighted by Crippen LogP contribution is 2.62. The molecule has 5 aromatic rings. The summed E-state index contributed by atoms with van der Waals surface area (Å²) in [7, 11) is 1.60. The van der Waals surface area contributed by atoms with Crippen LogP contribution in [0.1, 0.15) is 119 Å². The summed E-state index contributed by atoms with van der Waals surface area (Å²) < 4.78 is 83.5. The Morgan fingerprint density at radius 2 is 1.33 bits per heavy atom. The number of unbranched alkanes of at least 4 members (excludes halogenated alkanes) is 6. The van der Waals surface area contributed by atoms with Crippen molar-refractivity contribution >= 4 is 32.8 Å². The van der Waals surface area contributed by atoms with E-state index in [2.05, 4.69) is 29.8 Å². The van der Waals surface area contributed by atoms with Crippen LogP contribution in [0.4, 0.5) is 17.6 Å². The van der Waals surface area contributed by atoms with E-state index >= 15 is 0 Å². The van der Waals surface area contributed by atoms with E-state index in [-0.39, 0.29) is 19.3 Å². The SMILES string of the molecule is CCCCCCOc1ccc(C2(c3ccc(OCCCCCC)cc3)C=Cc3c4c(c5cc(Br)c(OC)cc5c3O2)-c2ccccc2C4(CCCF)CCC(F)(F)F)cc1. The lowest BCUT2D eigenvalue weighted by molar-refractivity contribution is -0.137. The smallest absolute Gasteiger partial charge is 0.389 e. The third-order valence-corrected chi connectivity index (χ3v) is 12.8. The van der Waals surface area contributed by atoms with Crippen molar-refractivity contribution in [3.05, 3.63) is 123 Å². The van der Waals surface area contributed by atoms with Crippen LogP contribution in [0.2, 0.25) is 0 Å². The third kappa shape index (κ3) is 8.79. The van der Waals surface area contributed by atoms with Crippen LogP contribution in [0.3, 0.4) is 0 Å². The van der Waals surface area contributed by atoms with E-state index in [1.807, 2.05) is 97.1 Å².